The molecule has 0 aliphatic heterocycles. The predicted molar refractivity (Wildman–Crippen MR) is 142 cm³/mol. The predicted octanol–water partition coefficient (Wildman–Crippen LogP) is 6.31. The fourth-order valence-corrected chi connectivity index (χ4v) is 3.60. The molecule has 3 aromatic carbocycles. The van der Waals surface area contributed by atoms with Crippen LogP contribution in [-0.4, -0.2) is 32.4 Å². The van der Waals surface area contributed by atoms with Gasteiger partial charge in [-0.05, 0) is 48.9 Å². The van der Waals surface area contributed by atoms with E-state index in [1.165, 1.54) is 13.3 Å². The molecule has 9 heteroatoms. The highest BCUT2D eigenvalue weighted by Gasteiger charge is 2.14. The van der Waals surface area contributed by atoms with E-state index in [-0.39, 0.29) is 6.61 Å². The number of methoxy groups -OCH3 is 1. The highest BCUT2D eigenvalue weighted by molar-refractivity contribution is 6.32. The molecule has 0 aliphatic rings. The molecule has 0 saturated carbocycles. The summed E-state index contributed by atoms with van der Waals surface area (Å²) < 4.78 is 22.4. The van der Waals surface area contributed by atoms with Gasteiger partial charge < -0.3 is 18.9 Å². The Bertz CT molecular complexity index is 1250. The Kier molecular flexibility index (Phi) is 10.0. The number of carbonyl (C=O) groups is 1. The van der Waals surface area contributed by atoms with Crippen LogP contribution in [0.15, 0.2) is 72.4 Å². The maximum Gasteiger partial charge on any atom is 0.271 e. The number of ether oxygens (including phenoxy) is 4. The van der Waals surface area contributed by atoms with Crippen molar-refractivity contribution in [2.24, 2.45) is 5.10 Å². The number of benzene rings is 3. The summed E-state index contributed by atoms with van der Waals surface area (Å²) in [7, 11) is 1.50. The first kappa shape index (κ1) is 26.9. The SMILES string of the molecule is C=CCOc1ccc(C(=O)N/N=C/c2cc(Cl)c(OCc3ccccc3Cl)c(OCC)c2)cc1OC. The average molecular weight is 529 g/mol. The maximum atomic E-state index is 12.5. The van der Waals surface area contributed by atoms with Crippen LogP contribution in [0, 0.1) is 0 Å². The minimum atomic E-state index is -0.421. The molecule has 7 nitrogen and oxygen atoms in total. The molecule has 0 fully saturated rings. The van der Waals surface area contributed by atoms with Gasteiger partial charge in [-0.1, -0.05) is 54.1 Å². The molecule has 0 unspecified atom stereocenters. The van der Waals surface area contributed by atoms with Crippen LogP contribution in [0.4, 0.5) is 0 Å². The van der Waals surface area contributed by atoms with Gasteiger partial charge in [0, 0.05) is 16.1 Å². The van der Waals surface area contributed by atoms with Crippen LogP contribution in [0.2, 0.25) is 10.0 Å². The third-order valence-electron chi connectivity index (χ3n) is 4.82. The van der Waals surface area contributed by atoms with Crippen molar-refractivity contribution in [3.05, 3.63) is 94.0 Å². The van der Waals surface area contributed by atoms with Crippen molar-refractivity contribution in [2.75, 3.05) is 20.3 Å². The van der Waals surface area contributed by atoms with Crippen molar-refractivity contribution in [1.29, 1.82) is 0 Å². The number of hydrazone groups is 1. The fraction of sp³-hybridized carbons (Fsp3) is 0.185. The zero-order valence-electron chi connectivity index (χ0n) is 19.9. The minimum absolute atomic E-state index is 0.226. The molecular weight excluding hydrogens is 503 g/mol. The van der Waals surface area contributed by atoms with Crippen molar-refractivity contribution in [3.63, 3.8) is 0 Å². The van der Waals surface area contributed by atoms with Crippen LogP contribution >= 0.6 is 23.2 Å². The summed E-state index contributed by atoms with van der Waals surface area (Å²) in [5.74, 6) is 1.35. The Morgan fingerprint density at radius 1 is 1.00 bits per heavy atom. The van der Waals surface area contributed by atoms with Crippen LogP contribution in [0.1, 0.15) is 28.4 Å². The topological polar surface area (TPSA) is 78.4 Å². The molecule has 0 aliphatic carbocycles. The lowest BCUT2D eigenvalue weighted by Gasteiger charge is -2.15. The number of nitrogens with one attached hydrogen (secondary N) is 1. The molecule has 3 rings (SSSR count). The van der Waals surface area contributed by atoms with Crippen molar-refractivity contribution >= 4 is 35.3 Å². The van der Waals surface area contributed by atoms with Crippen LogP contribution in [0.3, 0.4) is 0 Å². The number of halogens is 2. The van der Waals surface area contributed by atoms with Crippen molar-refractivity contribution in [3.8, 4) is 23.0 Å². The second kappa shape index (κ2) is 13.4. The Labute approximate surface area is 220 Å². The van der Waals surface area contributed by atoms with E-state index in [0.717, 1.165) is 5.56 Å². The average Bonchev–Trinajstić information content (AvgIpc) is 2.88. The summed E-state index contributed by atoms with van der Waals surface area (Å²) >= 11 is 12.7. The van der Waals surface area contributed by atoms with Gasteiger partial charge in [0.2, 0.25) is 0 Å². The summed E-state index contributed by atoms with van der Waals surface area (Å²) in [4.78, 5) is 12.5. The summed E-state index contributed by atoms with van der Waals surface area (Å²) in [6.45, 7) is 6.42. The first-order valence-corrected chi connectivity index (χ1v) is 11.8. The summed E-state index contributed by atoms with van der Waals surface area (Å²) in [6.07, 6.45) is 3.08. The van der Waals surface area contributed by atoms with Gasteiger partial charge in [0.1, 0.15) is 13.2 Å². The number of hydrogen-bond donors (Lipinski definition) is 1. The quantitative estimate of drug-likeness (QED) is 0.169. The van der Waals surface area contributed by atoms with Crippen molar-refractivity contribution in [2.45, 2.75) is 13.5 Å². The van der Waals surface area contributed by atoms with E-state index in [0.29, 0.717) is 57.4 Å². The van der Waals surface area contributed by atoms with Gasteiger partial charge in [-0.2, -0.15) is 5.10 Å². The third kappa shape index (κ3) is 7.16. The van der Waals surface area contributed by atoms with E-state index in [1.54, 1.807) is 42.5 Å². The van der Waals surface area contributed by atoms with E-state index in [9.17, 15) is 4.79 Å². The molecule has 0 aromatic heterocycles. The van der Waals surface area contributed by atoms with Gasteiger partial charge in [-0.25, -0.2) is 5.43 Å². The Balaban J connectivity index is 1.71. The van der Waals surface area contributed by atoms with Gasteiger partial charge in [0.25, 0.3) is 5.91 Å². The van der Waals surface area contributed by atoms with Crippen molar-refractivity contribution < 1.29 is 23.7 Å². The van der Waals surface area contributed by atoms with E-state index in [4.69, 9.17) is 42.1 Å². The Hall–Kier alpha value is -3.68. The van der Waals surface area contributed by atoms with Crippen LogP contribution in [0.5, 0.6) is 23.0 Å². The smallest absolute Gasteiger partial charge is 0.271 e. The van der Waals surface area contributed by atoms with Crippen LogP contribution in [0.25, 0.3) is 0 Å². The van der Waals surface area contributed by atoms with E-state index in [2.05, 4.69) is 17.1 Å². The zero-order chi connectivity index (χ0) is 25.9. The lowest BCUT2D eigenvalue weighted by atomic mass is 10.2. The monoisotopic (exact) mass is 528 g/mol. The molecule has 36 heavy (non-hydrogen) atoms. The molecule has 0 radical (unpaired) electrons. The minimum Gasteiger partial charge on any atom is -0.493 e. The number of nitrogens with zero attached hydrogens (tertiary/aromatic N) is 1. The summed E-state index contributed by atoms with van der Waals surface area (Å²) in [6, 6.07) is 15.6. The molecule has 0 spiro atoms. The molecule has 188 valence electrons. The molecule has 1 N–H and O–H groups in total. The second-order valence-corrected chi connectivity index (χ2v) is 8.12. The molecule has 0 bridgehead atoms. The fourth-order valence-electron chi connectivity index (χ4n) is 3.14. The molecule has 0 saturated heterocycles. The van der Waals surface area contributed by atoms with E-state index < -0.39 is 5.91 Å². The number of hydrogen-bond acceptors (Lipinski definition) is 6. The lowest BCUT2D eigenvalue weighted by molar-refractivity contribution is 0.0954. The van der Waals surface area contributed by atoms with E-state index in [1.807, 2.05) is 25.1 Å². The van der Waals surface area contributed by atoms with Gasteiger partial charge >= 0.3 is 0 Å². The maximum absolute atomic E-state index is 12.5. The highest BCUT2D eigenvalue weighted by atomic mass is 35.5. The van der Waals surface area contributed by atoms with Gasteiger partial charge in [0.15, 0.2) is 23.0 Å². The molecule has 0 heterocycles. The molecule has 3 aromatic rings. The van der Waals surface area contributed by atoms with Gasteiger partial charge in [0.05, 0.1) is 25.0 Å². The normalized spacial score (nSPS) is 10.7. The molecule has 1 amide bonds. The zero-order valence-corrected chi connectivity index (χ0v) is 21.4. The Morgan fingerprint density at radius 2 is 1.81 bits per heavy atom. The lowest BCUT2D eigenvalue weighted by Crippen LogP contribution is -2.17. The largest absolute Gasteiger partial charge is 0.493 e. The number of amides is 1. The third-order valence-corrected chi connectivity index (χ3v) is 5.47. The van der Waals surface area contributed by atoms with Gasteiger partial charge in [-0.15, -0.1) is 0 Å². The number of carbonyl (C=O) groups excluding carboxylic acids is 1. The molecular formula is C27H26Cl2N2O5. The van der Waals surface area contributed by atoms with Gasteiger partial charge in [-0.3, -0.25) is 4.79 Å². The first-order valence-electron chi connectivity index (χ1n) is 11.0. The van der Waals surface area contributed by atoms with Crippen LogP contribution < -0.4 is 24.4 Å². The Morgan fingerprint density at radius 3 is 2.53 bits per heavy atom. The van der Waals surface area contributed by atoms with Crippen LogP contribution in [-0.2, 0) is 6.61 Å². The van der Waals surface area contributed by atoms with E-state index >= 15 is 0 Å². The highest BCUT2D eigenvalue weighted by Crippen LogP contribution is 2.37. The summed E-state index contributed by atoms with van der Waals surface area (Å²) in [5, 5.41) is 4.97. The standard InChI is InChI=1S/C27H26Cl2N2O5/c1-4-12-35-23-11-10-19(15-24(23)33-3)27(32)31-30-16-18-13-22(29)26(25(14-18)34-5-2)36-17-20-8-6-7-9-21(20)28/h4,6-11,13-16H,1,5,12,17H2,2-3H3,(H,31,32)/b30-16+. The molecule has 0 atom stereocenters. The second-order valence-electron chi connectivity index (χ2n) is 7.31. The number of rotatable bonds is 12. The summed E-state index contributed by atoms with van der Waals surface area (Å²) in [5.41, 5.74) is 4.27. The first-order chi connectivity index (χ1) is 17.5. The van der Waals surface area contributed by atoms with Crippen molar-refractivity contribution in [1.82, 2.24) is 5.43 Å².